The van der Waals surface area contributed by atoms with Crippen LogP contribution in [0.2, 0.25) is 0 Å². The highest BCUT2D eigenvalue weighted by Crippen LogP contribution is 2.11. The number of nitrogens with one attached hydrogen (secondary N) is 2. The third kappa shape index (κ3) is 41.0. The molecule has 107 heavy (non-hydrogen) atoms. The van der Waals surface area contributed by atoms with Crippen molar-refractivity contribution in [2.45, 2.75) is 110 Å². The fraction of sp³-hybridized carbons (Fsp3) is 0.221. The van der Waals surface area contributed by atoms with Crippen LogP contribution in [0.5, 0.6) is 0 Å². The fourth-order valence-corrected chi connectivity index (χ4v) is 7.18. The van der Waals surface area contributed by atoms with Crippen LogP contribution in [0.4, 0.5) is 0 Å². The van der Waals surface area contributed by atoms with Crippen LogP contribution in [0, 0.1) is 114 Å². The molecule has 13 aromatic rings. The number of pyridine rings is 6. The van der Waals surface area contributed by atoms with Gasteiger partial charge in [-0.2, -0.15) is 25.1 Å². The Kier molecular flexibility index (Phi) is 42.2. The number of aromatic amines is 2. The topological polar surface area (TPSA) is 419 Å². The van der Waals surface area contributed by atoms with Crippen molar-refractivity contribution in [2.24, 2.45) is 7.05 Å². The molecule has 0 aromatic carbocycles. The molecule has 0 amide bonds. The summed E-state index contributed by atoms with van der Waals surface area (Å²) in [5.74, 6) is -1.47. The van der Waals surface area contributed by atoms with E-state index in [1.807, 2.05) is 174 Å². The molecule has 558 valence electrons. The van der Waals surface area contributed by atoms with Gasteiger partial charge in [-0.05, 0) is 198 Å². The molecule has 0 aliphatic carbocycles. The molecular weight excluding hydrogens is 1360 g/mol. The highest BCUT2D eigenvalue weighted by atomic mass is 16.5. The Bertz CT molecular complexity index is 4670. The van der Waals surface area contributed by atoms with Crippen molar-refractivity contribution >= 4 is 11.9 Å². The van der Waals surface area contributed by atoms with E-state index in [1.54, 1.807) is 94.5 Å². The second-order valence-corrected chi connectivity index (χ2v) is 22.6. The molecule has 0 saturated heterocycles. The minimum atomic E-state index is -1.22. The third-order valence-corrected chi connectivity index (χ3v) is 13.0. The fourth-order valence-electron chi connectivity index (χ4n) is 7.18. The normalized spacial score (nSPS) is 9.35. The molecular formula is C77H90N20O10. The first-order chi connectivity index (χ1) is 50.8. The lowest BCUT2D eigenvalue weighted by molar-refractivity contribution is -0.612. The SMILES string of the molecule is Cc1cc(-c2ccccn2)c(=O)[nH]n1.Cc1cc(=O)[nH]nc1C.Cc1cc(C(=O)O)c(=O)n(C)n1.Cc1ccc(=O)n(CC(=O)O)n1.Cc1cccc[n+]1[O-].Cc1ccccn1.Cc1cccnc1.Cc1cccnc1C.Cc1ccncc1.Cc1ccncn1.Cc1cnc(C)nc1.Cc1cnc[n+]([O-])c1. The first-order valence-electron chi connectivity index (χ1n) is 32.5. The van der Waals surface area contributed by atoms with Gasteiger partial charge in [-0.3, -0.25) is 48.9 Å². The van der Waals surface area contributed by atoms with Crippen molar-refractivity contribution < 1.29 is 29.3 Å². The van der Waals surface area contributed by atoms with E-state index in [9.17, 15) is 39.2 Å². The van der Waals surface area contributed by atoms with Gasteiger partial charge in [-0.15, -0.1) is 0 Å². The molecule has 0 aliphatic heterocycles. The number of carbonyl (C=O) groups is 2. The number of carboxylic acid groups (broad SMARTS) is 2. The van der Waals surface area contributed by atoms with Crippen LogP contribution < -0.4 is 31.7 Å². The number of hydrogen-bond acceptors (Lipinski definition) is 22. The smallest absolute Gasteiger partial charge is 0.341 e. The third-order valence-electron chi connectivity index (χ3n) is 13.0. The van der Waals surface area contributed by atoms with Crippen LogP contribution in [0.25, 0.3) is 11.3 Å². The molecule has 13 aromatic heterocycles. The lowest BCUT2D eigenvalue weighted by atomic mass is 10.2. The minimum Gasteiger partial charge on any atom is -0.711 e. The highest BCUT2D eigenvalue weighted by molar-refractivity contribution is 5.87. The summed E-state index contributed by atoms with van der Waals surface area (Å²) in [5, 5.41) is 57.6. The van der Waals surface area contributed by atoms with E-state index in [2.05, 4.69) is 93.4 Å². The van der Waals surface area contributed by atoms with E-state index in [1.165, 1.54) is 67.0 Å². The molecule has 30 nitrogen and oxygen atoms in total. The predicted molar refractivity (Wildman–Crippen MR) is 406 cm³/mol. The molecule has 0 spiro atoms. The molecule has 13 rings (SSSR count). The van der Waals surface area contributed by atoms with Crippen LogP contribution in [0.3, 0.4) is 0 Å². The van der Waals surface area contributed by atoms with E-state index >= 15 is 0 Å². The van der Waals surface area contributed by atoms with E-state index in [4.69, 9.17) is 10.2 Å². The maximum Gasteiger partial charge on any atom is 0.341 e. The van der Waals surface area contributed by atoms with Crippen molar-refractivity contribution in [1.29, 1.82) is 0 Å². The van der Waals surface area contributed by atoms with Gasteiger partial charge in [0.15, 0.2) is 11.9 Å². The van der Waals surface area contributed by atoms with Gasteiger partial charge in [0, 0.05) is 123 Å². The lowest BCUT2D eigenvalue weighted by Crippen LogP contribution is -2.28. The Labute approximate surface area is 619 Å². The monoisotopic (exact) mass is 1450 g/mol. The second kappa shape index (κ2) is 50.5. The van der Waals surface area contributed by atoms with Gasteiger partial charge < -0.3 is 20.6 Å². The average molecular weight is 1460 g/mol. The largest absolute Gasteiger partial charge is 0.711 e. The molecule has 0 atom stereocenters. The zero-order valence-electron chi connectivity index (χ0n) is 62.7. The first kappa shape index (κ1) is 89.3. The van der Waals surface area contributed by atoms with Crippen molar-refractivity contribution in [3.63, 3.8) is 0 Å². The zero-order chi connectivity index (χ0) is 79.6. The van der Waals surface area contributed by atoms with Crippen LogP contribution in [-0.2, 0) is 18.4 Å². The van der Waals surface area contributed by atoms with Crippen LogP contribution >= 0.6 is 0 Å². The number of aliphatic carboxylic acids is 1. The average Bonchev–Trinajstić information content (AvgIpc) is 0.849. The number of nitrogens with zero attached hydrogens (tertiary/aromatic N) is 18. The number of carboxylic acids is 2. The Morgan fingerprint density at radius 3 is 1.55 bits per heavy atom. The maximum atomic E-state index is 11.4. The molecule has 0 unspecified atom stereocenters. The standard InChI is InChI=1S/C10H9N3O.2C7H8N2O3.C7H9N.C6H8N2O.C6H8N2.C6H7NO.3C6H7N.C5H6N2O.C5H6N2/c1-7-6-8(10(14)13-12-7)9-4-2-3-5-11-9;1-4-3-5(7(11)12)6(10)9(2)8-4;1-5-2-3-6(10)9(8-5)4-7(11)12;1-6-4-3-5-8-7(6)2;1-4-3-6(9)8-7-5(4)2;1-5-3-7-6(2)8-4-5;1-6-4-2-3-5-7(6)8;1-6-2-4-7-5-3-6;1-6-3-2-4-7-5-6;1-6-4-2-3-5-7-6;1-5-2-6-4-7(8)3-5;1-5-2-3-6-4-7-5/h2-6H,1H3,(H,13,14);3H,1-2H3,(H,11,12);2-3H,4H2,1H3,(H,11,12);3-5H,1-2H3;3H,1-2H3,(H,8,9);3-4H,1-2H3;2-5H,1H3;3*2-5H,1H3;2-4H,1H3;2-4H,1H3. The number of aryl methyl sites for hydroxylation is 16. The quantitative estimate of drug-likeness (QED) is 0.0941. The highest BCUT2D eigenvalue weighted by Gasteiger charge is 2.11. The van der Waals surface area contributed by atoms with E-state index in [0.29, 0.717) is 27.4 Å². The van der Waals surface area contributed by atoms with Crippen molar-refractivity contribution in [3.8, 4) is 11.3 Å². The Morgan fingerprint density at radius 2 is 1.12 bits per heavy atom. The number of aromatic carboxylic acids is 1. The molecule has 30 heteroatoms. The van der Waals surface area contributed by atoms with Gasteiger partial charge >= 0.3 is 11.9 Å². The lowest BCUT2D eigenvalue weighted by Gasteiger charge is -1.99. The molecule has 0 bridgehead atoms. The summed E-state index contributed by atoms with van der Waals surface area (Å²) in [7, 11) is 1.42. The van der Waals surface area contributed by atoms with Crippen LogP contribution in [0.1, 0.15) is 95.1 Å². The van der Waals surface area contributed by atoms with Gasteiger partial charge in [-0.25, -0.2) is 49.0 Å². The molecule has 4 N–H and O–H groups in total. The summed E-state index contributed by atoms with van der Waals surface area (Å²) in [6.07, 6.45) is 25.1. The van der Waals surface area contributed by atoms with Gasteiger partial charge in [0.25, 0.3) is 28.6 Å². The summed E-state index contributed by atoms with van der Waals surface area (Å²) >= 11 is 0. The van der Waals surface area contributed by atoms with E-state index in [0.717, 1.165) is 70.8 Å². The Hall–Kier alpha value is -13.8. The van der Waals surface area contributed by atoms with E-state index in [-0.39, 0.29) is 23.2 Å². The van der Waals surface area contributed by atoms with Gasteiger partial charge in [0.05, 0.1) is 40.2 Å². The van der Waals surface area contributed by atoms with Gasteiger partial charge in [0.1, 0.15) is 30.5 Å². The molecule has 0 saturated carbocycles. The van der Waals surface area contributed by atoms with Gasteiger partial charge in [-0.1, -0.05) is 35.3 Å². The molecule has 0 fully saturated rings. The van der Waals surface area contributed by atoms with Crippen LogP contribution in [-0.4, -0.2) is 112 Å². The van der Waals surface area contributed by atoms with Crippen molar-refractivity contribution in [1.82, 2.24) is 89.8 Å². The number of rotatable bonds is 4. The predicted octanol–water partition coefficient (Wildman–Crippen LogP) is 9.35. The number of H-pyrrole nitrogens is 2. The maximum absolute atomic E-state index is 11.4. The van der Waals surface area contributed by atoms with Crippen LogP contribution in [0.15, 0.2) is 240 Å². The summed E-state index contributed by atoms with van der Waals surface area (Å²) in [6, 6.07) is 37.7. The van der Waals surface area contributed by atoms with E-state index < -0.39 is 23.1 Å². The summed E-state index contributed by atoms with van der Waals surface area (Å²) in [6.45, 7) is 27.9. The van der Waals surface area contributed by atoms with Crippen molar-refractivity contribution in [2.75, 3.05) is 0 Å². The summed E-state index contributed by atoms with van der Waals surface area (Å²) in [5.41, 5.74) is 13.0. The second-order valence-electron chi connectivity index (χ2n) is 22.6. The van der Waals surface area contributed by atoms with Gasteiger partial charge in [0.2, 0.25) is 0 Å². The summed E-state index contributed by atoms with van der Waals surface area (Å²) < 4.78 is 3.44. The Balaban J connectivity index is 0.000000399. The molecule has 13 heterocycles. The molecule has 0 aliphatic rings. The first-order valence-corrected chi connectivity index (χ1v) is 32.5. The number of aromatic nitrogens is 20. The summed E-state index contributed by atoms with van der Waals surface area (Å²) in [4.78, 5) is 104. The minimum absolute atomic E-state index is 0.141. The zero-order valence-corrected chi connectivity index (χ0v) is 62.7. The number of hydrogen-bond donors (Lipinski definition) is 4. The Morgan fingerprint density at radius 1 is 0.486 bits per heavy atom. The van der Waals surface area contributed by atoms with Crippen molar-refractivity contribution in [3.05, 3.63) is 363 Å². The molecule has 0 radical (unpaired) electrons.